The normalized spacial score (nSPS) is 12.4. The maximum absolute atomic E-state index is 12.2. The van der Waals surface area contributed by atoms with Gasteiger partial charge in [-0.05, 0) is 29.2 Å². The molecule has 0 bridgehead atoms. The molecule has 0 aliphatic carbocycles. The van der Waals surface area contributed by atoms with Gasteiger partial charge in [-0.15, -0.1) is 11.3 Å². The van der Waals surface area contributed by atoms with Crippen LogP contribution >= 0.6 is 11.3 Å². The van der Waals surface area contributed by atoms with Gasteiger partial charge < -0.3 is 15.0 Å². The van der Waals surface area contributed by atoms with Crippen LogP contribution in [-0.4, -0.2) is 30.0 Å². The minimum Gasteiger partial charge on any atom is -0.467 e. The number of benzene rings is 1. The van der Waals surface area contributed by atoms with Gasteiger partial charge >= 0.3 is 5.97 Å². The zero-order valence-corrected chi connectivity index (χ0v) is 14.5. The molecule has 5 nitrogen and oxygen atoms in total. The van der Waals surface area contributed by atoms with Crippen molar-refractivity contribution in [3.05, 3.63) is 64.5 Å². The van der Waals surface area contributed by atoms with E-state index in [0.29, 0.717) is 6.42 Å². The van der Waals surface area contributed by atoms with Crippen LogP contribution in [0.3, 0.4) is 0 Å². The second kappa shape index (κ2) is 7.81. The van der Waals surface area contributed by atoms with Gasteiger partial charge in [-0.25, -0.2) is 4.79 Å². The molecule has 0 radical (unpaired) electrons. The van der Waals surface area contributed by atoms with E-state index in [1.54, 1.807) is 6.08 Å². The van der Waals surface area contributed by atoms with E-state index in [2.05, 4.69) is 10.3 Å². The summed E-state index contributed by atoms with van der Waals surface area (Å²) in [6.07, 6.45) is 5.36. The van der Waals surface area contributed by atoms with Crippen molar-refractivity contribution in [2.75, 3.05) is 7.11 Å². The lowest BCUT2D eigenvalue weighted by atomic mass is 10.0. The summed E-state index contributed by atoms with van der Waals surface area (Å²) in [5, 5.41) is 5.69. The summed E-state index contributed by atoms with van der Waals surface area (Å²) in [4.78, 5) is 28.4. The first-order valence-corrected chi connectivity index (χ1v) is 8.70. The van der Waals surface area contributed by atoms with Crippen molar-refractivity contribution in [1.29, 1.82) is 0 Å². The third-order valence-corrected chi connectivity index (χ3v) is 4.68. The largest absolute Gasteiger partial charge is 0.467 e. The molecule has 0 saturated heterocycles. The summed E-state index contributed by atoms with van der Waals surface area (Å²) in [6, 6.07) is 10.9. The fraction of sp³-hybridized carbons (Fsp3) is 0.158. The van der Waals surface area contributed by atoms with Crippen LogP contribution in [0.2, 0.25) is 0 Å². The van der Waals surface area contributed by atoms with Crippen molar-refractivity contribution < 1.29 is 14.3 Å². The summed E-state index contributed by atoms with van der Waals surface area (Å²) in [5.74, 6) is -0.799. The lowest BCUT2D eigenvalue weighted by Crippen LogP contribution is -2.42. The number of hydrogen-bond acceptors (Lipinski definition) is 4. The summed E-state index contributed by atoms with van der Waals surface area (Å²) in [7, 11) is 1.32. The van der Waals surface area contributed by atoms with Crippen LogP contribution in [0.4, 0.5) is 0 Å². The van der Waals surface area contributed by atoms with Crippen molar-refractivity contribution >= 4 is 40.2 Å². The van der Waals surface area contributed by atoms with E-state index < -0.39 is 12.0 Å². The molecule has 0 saturated carbocycles. The summed E-state index contributed by atoms with van der Waals surface area (Å²) >= 11 is 1.54. The molecule has 1 unspecified atom stereocenters. The molecule has 2 N–H and O–H groups in total. The Morgan fingerprint density at radius 3 is 2.88 bits per heavy atom. The zero-order valence-electron chi connectivity index (χ0n) is 13.7. The standard InChI is InChI=1S/C19H18N2O3S/c1-24-19(23)17(21-18(22)9-8-14-5-4-10-25-14)11-13-12-20-16-7-3-2-6-15(13)16/h2-10,12,17,20H,11H2,1H3,(H,21,22). The predicted octanol–water partition coefficient (Wildman–Crippen LogP) is 3.14. The Kier molecular flexibility index (Phi) is 5.30. The van der Waals surface area contributed by atoms with Gasteiger partial charge in [0.05, 0.1) is 7.11 Å². The van der Waals surface area contributed by atoms with Gasteiger partial charge in [0.15, 0.2) is 0 Å². The lowest BCUT2D eigenvalue weighted by molar-refractivity contribution is -0.144. The van der Waals surface area contributed by atoms with Gasteiger partial charge in [0.1, 0.15) is 6.04 Å². The number of rotatable bonds is 6. The predicted molar refractivity (Wildman–Crippen MR) is 99.3 cm³/mol. The summed E-state index contributed by atoms with van der Waals surface area (Å²) < 4.78 is 4.84. The van der Waals surface area contributed by atoms with Gasteiger partial charge in [-0.3, -0.25) is 4.79 Å². The SMILES string of the molecule is COC(=O)C(Cc1c[nH]c2ccccc12)NC(=O)C=Cc1cccs1. The second-order valence-corrected chi connectivity index (χ2v) is 6.48. The quantitative estimate of drug-likeness (QED) is 0.528. The summed E-state index contributed by atoms with van der Waals surface area (Å²) in [6.45, 7) is 0. The highest BCUT2D eigenvalue weighted by atomic mass is 32.1. The molecule has 0 aliphatic rings. The molecule has 0 spiro atoms. The maximum atomic E-state index is 12.2. The fourth-order valence-corrected chi connectivity index (χ4v) is 3.24. The molecule has 2 heterocycles. The van der Waals surface area contributed by atoms with E-state index in [0.717, 1.165) is 21.3 Å². The zero-order chi connectivity index (χ0) is 17.6. The lowest BCUT2D eigenvalue weighted by Gasteiger charge is -2.15. The number of aromatic nitrogens is 1. The van der Waals surface area contributed by atoms with Crippen LogP contribution in [-0.2, 0) is 20.7 Å². The molecule has 1 aromatic carbocycles. The van der Waals surface area contributed by atoms with Gasteiger partial charge in [0, 0.05) is 34.5 Å². The topological polar surface area (TPSA) is 71.2 Å². The molecule has 0 aliphatic heterocycles. The van der Waals surface area contributed by atoms with E-state index in [4.69, 9.17) is 4.74 Å². The van der Waals surface area contributed by atoms with Crippen molar-refractivity contribution in [2.24, 2.45) is 0 Å². The maximum Gasteiger partial charge on any atom is 0.328 e. The highest BCUT2D eigenvalue weighted by Gasteiger charge is 2.22. The molecule has 0 fully saturated rings. The molecule has 1 amide bonds. The Bertz CT molecular complexity index is 896. The number of aromatic amines is 1. The number of carbonyl (C=O) groups excluding carboxylic acids is 2. The van der Waals surface area contributed by atoms with E-state index in [-0.39, 0.29) is 5.91 Å². The van der Waals surface area contributed by atoms with Crippen LogP contribution in [0.1, 0.15) is 10.4 Å². The molecular weight excluding hydrogens is 336 g/mol. The van der Waals surface area contributed by atoms with Crippen molar-refractivity contribution in [3.8, 4) is 0 Å². The van der Waals surface area contributed by atoms with Gasteiger partial charge in [0.2, 0.25) is 5.91 Å². The van der Waals surface area contributed by atoms with Crippen LogP contribution in [0, 0.1) is 0 Å². The third-order valence-electron chi connectivity index (χ3n) is 3.84. The van der Waals surface area contributed by atoms with E-state index in [1.165, 1.54) is 24.5 Å². The number of thiophene rings is 1. The van der Waals surface area contributed by atoms with Gasteiger partial charge in [-0.2, -0.15) is 0 Å². The molecule has 3 aromatic rings. The van der Waals surface area contributed by atoms with E-state index in [9.17, 15) is 9.59 Å². The second-order valence-electron chi connectivity index (χ2n) is 5.50. The van der Waals surface area contributed by atoms with Crippen molar-refractivity contribution in [1.82, 2.24) is 10.3 Å². The minimum absolute atomic E-state index is 0.330. The van der Waals surface area contributed by atoms with E-state index >= 15 is 0 Å². The first-order valence-electron chi connectivity index (χ1n) is 7.82. The average Bonchev–Trinajstić information content (AvgIpc) is 3.29. The smallest absolute Gasteiger partial charge is 0.328 e. The van der Waals surface area contributed by atoms with Crippen molar-refractivity contribution in [3.63, 3.8) is 0 Å². The van der Waals surface area contributed by atoms with Gasteiger partial charge in [-0.1, -0.05) is 24.3 Å². The third kappa shape index (κ3) is 4.16. The molecule has 6 heteroatoms. The van der Waals surface area contributed by atoms with E-state index in [1.807, 2.05) is 48.0 Å². The minimum atomic E-state index is -0.746. The first kappa shape index (κ1) is 17.0. The number of hydrogen-bond donors (Lipinski definition) is 2. The Labute approximate surface area is 149 Å². The molecular formula is C19H18N2O3S. The highest BCUT2D eigenvalue weighted by Crippen LogP contribution is 2.19. The number of nitrogens with one attached hydrogen (secondary N) is 2. The fourth-order valence-electron chi connectivity index (χ4n) is 2.62. The monoisotopic (exact) mass is 354 g/mol. The van der Waals surface area contributed by atoms with Crippen LogP contribution in [0.5, 0.6) is 0 Å². The first-order chi connectivity index (χ1) is 12.2. The number of para-hydroxylation sites is 1. The number of fused-ring (bicyclic) bond motifs is 1. The number of methoxy groups -OCH3 is 1. The number of H-pyrrole nitrogens is 1. The number of ether oxygens (including phenoxy) is 1. The summed E-state index contributed by atoms with van der Waals surface area (Å²) in [5.41, 5.74) is 1.94. The number of carbonyl (C=O) groups is 2. The Hall–Kier alpha value is -2.86. The number of esters is 1. The Balaban J connectivity index is 1.73. The van der Waals surface area contributed by atoms with Gasteiger partial charge in [0.25, 0.3) is 0 Å². The van der Waals surface area contributed by atoms with Crippen LogP contribution in [0.25, 0.3) is 17.0 Å². The van der Waals surface area contributed by atoms with Crippen LogP contribution < -0.4 is 5.32 Å². The molecule has 128 valence electrons. The number of amides is 1. The molecule has 25 heavy (non-hydrogen) atoms. The van der Waals surface area contributed by atoms with Crippen LogP contribution in [0.15, 0.2) is 54.1 Å². The Morgan fingerprint density at radius 1 is 1.28 bits per heavy atom. The highest BCUT2D eigenvalue weighted by molar-refractivity contribution is 7.10. The molecule has 1 atom stereocenters. The van der Waals surface area contributed by atoms with Crippen molar-refractivity contribution in [2.45, 2.75) is 12.5 Å². The molecule has 3 rings (SSSR count). The Morgan fingerprint density at radius 2 is 2.12 bits per heavy atom. The average molecular weight is 354 g/mol. The molecule has 2 aromatic heterocycles.